The molecule has 2 N–H and O–H groups in total. The maximum absolute atomic E-state index is 13.1. The quantitative estimate of drug-likeness (QED) is 0.782. The van der Waals surface area contributed by atoms with Gasteiger partial charge in [0.2, 0.25) is 0 Å². The lowest BCUT2D eigenvalue weighted by Crippen LogP contribution is -2.25. The molecule has 0 aliphatic rings. The first-order chi connectivity index (χ1) is 11.0. The number of hydrogen-bond acceptors (Lipinski definition) is 3. The van der Waals surface area contributed by atoms with E-state index >= 15 is 0 Å². The highest BCUT2D eigenvalue weighted by Gasteiger charge is 2.23. The van der Waals surface area contributed by atoms with Crippen molar-refractivity contribution in [3.05, 3.63) is 66.4 Å². The van der Waals surface area contributed by atoms with E-state index in [1.54, 1.807) is 30.3 Å². The van der Waals surface area contributed by atoms with Gasteiger partial charge in [0.15, 0.2) is 0 Å². The van der Waals surface area contributed by atoms with Crippen LogP contribution in [-0.4, -0.2) is 18.4 Å². The highest BCUT2D eigenvalue weighted by atomic mass is 32.2. The fourth-order valence-corrected chi connectivity index (χ4v) is 4.30. The number of hydrogen-bond donors (Lipinski definition) is 1. The van der Waals surface area contributed by atoms with Crippen molar-refractivity contribution in [2.45, 2.75) is 30.7 Å². The first-order valence-electron chi connectivity index (χ1n) is 7.69. The van der Waals surface area contributed by atoms with Gasteiger partial charge in [-0.2, -0.15) is 0 Å². The Morgan fingerprint density at radius 2 is 1.70 bits per heavy atom. The van der Waals surface area contributed by atoms with Crippen LogP contribution in [0, 0.1) is 0 Å². The minimum absolute atomic E-state index is 0.0657. The maximum atomic E-state index is 13.1. The van der Waals surface area contributed by atoms with E-state index in [-0.39, 0.29) is 10.9 Å². The summed E-state index contributed by atoms with van der Waals surface area (Å²) in [7, 11) is -3.65. The number of rotatable bonds is 5. The molecule has 1 heterocycles. The van der Waals surface area contributed by atoms with Crippen LogP contribution in [-0.2, 0) is 16.4 Å². The Morgan fingerprint density at radius 3 is 2.39 bits per heavy atom. The van der Waals surface area contributed by atoms with E-state index in [0.29, 0.717) is 11.9 Å². The summed E-state index contributed by atoms with van der Waals surface area (Å²) < 4.78 is 27.7. The summed E-state index contributed by atoms with van der Waals surface area (Å²) in [6.45, 7) is 2.00. The second-order valence-corrected chi connectivity index (χ2v) is 7.44. The van der Waals surface area contributed by atoms with Crippen LogP contribution >= 0.6 is 0 Å². The third kappa shape index (κ3) is 2.90. The number of nitrogens with zero attached hydrogens (tertiary/aromatic N) is 1. The zero-order chi connectivity index (χ0) is 16.4. The molecule has 4 nitrogen and oxygen atoms in total. The molecule has 0 saturated carbocycles. The molecule has 120 valence electrons. The first kappa shape index (κ1) is 15.8. The second-order valence-electron chi connectivity index (χ2n) is 5.65. The summed E-state index contributed by atoms with van der Waals surface area (Å²) in [5, 5.41) is 0.908. The van der Waals surface area contributed by atoms with Gasteiger partial charge in [0.25, 0.3) is 10.0 Å². The van der Waals surface area contributed by atoms with Gasteiger partial charge in [-0.15, -0.1) is 0 Å². The fourth-order valence-electron chi connectivity index (χ4n) is 2.72. The molecule has 1 atom stereocenters. The molecular weight excluding hydrogens is 308 g/mol. The molecule has 0 aliphatic heterocycles. The van der Waals surface area contributed by atoms with Gasteiger partial charge in [0, 0.05) is 23.5 Å². The lowest BCUT2D eigenvalue weighted by atomic mass is 10.1. The van der Waals surface area contributed by atoms with Crippen molar-refractivity contribution in [2.75, 3.05) is 0 Å². The van der Waals surface area contributed by atoms with Gasteiger partial charge < -0.3 is 5.73 Å². The number of benzene rings is 2. The van der Waals surface area contributed by atoms with Crippen molar-refractivity contribution < 1.29 is 8.42 Å². The van der Waals surface area contributed by atoms with E-state index in [1.807, 2.05) is 37.3 Å². The van der Waals surface area contributed by atoms with Crippen molar-refractivity contribution in [1.82, 2.24) is 3.97 Å². The average molecular weight is 328 g/mol. The maximum Gasteiger partial charge on any atom is 0.268 e. The lowest BCUT2D eigenvalue weighted by molar-refractivity contribution is 0.581. The number of para-hydroxylation sites is 1. The minimum Gasteiger partial charge on any atom is -0.327 e. The van der Waals surface area contributed by atoms with E-state index in [2.05, 4.69) is 0 Å². The van der Waals surface area contributed by atoms with Gasteiger partial charge in [0.05, 0.1) is 10.4 Å². The highest BCUT2D eigenvalue weighted by Crippen LogP contribution is 2.26. The Bertz CT molecular complexity index is 915. The molecule has 5 heteroatoms. The van der Waals surface area contributed by atoms with E-state index in [4.69, 9.17) is 5.73 Å². The summed E-state index contributed by atoms with van der Waals surface area (Å²) in [5.41, 5.74) is 7.49. The van der Waals surface area contributed by atoms with Gasteiger partial charge in [0.1, 0.15) is 0 Å². The van der Waals surface area contributed by atoms with Crippen LogP contribution in [0.5, 0.6) is 0 Å². The van der Waals surface area contributed by atoms with Crippen LogP contribution in [0.25, 0.3) is 10.9 Å². The van der Waals surface area contributed by atoms with Crippen molar-refractivity contribution >= 4 is 20.9 Å². The smallest absolute Gasteiger partial charge is 0.268 e. The summed E-state index contributed by atoms with van der Waals surface area (Å²) in [6, 6.07) is 17.9. The molecule has 0 fully saturated rings. The minimum atomic E-state index is -3.65. The van der Waals surface area contributed by atoms with Crippen LogP contribution in [0.1, 0.15) is 19.0 Å². The monoisotopic (exact) mass is 328 g/mol. The Labute approximate surface area is 136 Å². The van der Waals surface area contributed by atoms with E-state index in [1.165, 1.54) is 3.97 Å². The summed E-state index contributed by atoms with van der Waals surface area (Å²) >= 11 is 0. The van der Waals surface area contributed by atoms with Gasteiger partial charge in [-0.25, -0.2) is 12.4 Å². The zero-order valence-electron chi connectivity index (χ0n) is 13.0. The molecule has 0 radical (unpaired) electrons. The van der Waals surface area contributed by atoms with E-state index in [0.717, 1.165) is 17.5 Å². The summed E-state index contributed by atoms with van der Waals surface area (Å²) in [5.74, 6) is 0. The summed E-state index contributed by atoms with van der Waals surface area (Å²) in [6.07, 6.45) is 1.32. The van der Waals surface area contributed by atoms with Crippen LogP contribution in [0.3, 0.4) is 0 Å². The van der Waals surface area contributed by atoms with Crippen LogP contribution in [0.2, 0.25) is 0 Å². The van der Waals surface area contributed by atoms with Gasteiger partial charge in [-0.1, -0.05) is 43.3 Å². The normalized spacial score (nSPS) is 13.3. The van der Waals surface area contributed by atoms with Crippen molar-refractivity contribution in [3.8, 4) is 0 Å². The molecule has 1 aromatic heterocycles. The summed E-state index contributed by atoms with van der Waals surface area (Å²) in [4.78, 5) is 0.285. The Balaban J connectivity index is 2.24. The van der Waals surface area contributed by atoms with Crippen LogP contribution in [0.4, 0.5) is 0 Å². The molecule has 2 aromatic carbocycles. The zero-order valence-corrected chi connectivity index (χ0v) is 13.8. The predicted octanol–water partition coefficient (Wildman–Crippen LogP) is 3.16. The van der Waals surface area contributed by atoms with Crippen LogP contribution in [0.15, 0.2) is 65.6 Å². The molecule has 3 aromatic rings. The van der Waals surface area contributed by atoms with Gasteiger partial charge in [-0.05, 0) is 30.7 Å². The Hall–Kier alpha value is -2.11. The van der Waals surface area contributed by atoms with E-state index < -0.39 is 10.0 Å². The van der Waals surface area contributed by atoms with Crippen molar-refractivity contribution in [2.24, 2.45) is 5.73 Å². The lowest BCUT2D eigenvalue weighted by Gasteiger charge is -2.14. The topological polar surface area (TPSA) is 65.1 Å². The SMILES string of the molecule is CCC(N)Cc1cc2ccccc2n1S(=O)(=O)c1ccccc1. The molecule has 3 rings (SSSR count). The second kappa shape index (κ2) is 6.18. The van der Waals surface area contributed by atoms with Crippen LogP contribution < -0.4 is 5.73 Å². The predicted molar refractivity (Wildman–Crippen MR) is 92.9 cm³/mol. The number of nitrogens with two attached hydrogens (primary N) is 1. The molecular formula is C18H20N2O2S. The third-order valence-electron chi connectivity index (χ3n) is 4.02. The molecule has 0 saturated heterocycles. The molecule has 1 unspecified atom stereocenters. The molecule has 0 aliphatic carbocycles. The highest BCUT2D eigenvalue weighted by molar-refractivity contribution is 7.90. The number of fused-ring (bicyclic) bond motifs is 1. The van der Waals surface area contributed by atoms with Gasteiger partial charge >= 0.3 is 0 Å². The molecule has 0 amide bonds. The average Bonchev–Trinajstić information content (AvgIpc) is 2.94. The molecule has 0 spiro atoms. The fraction of sp³-hybridized carbons (Fsp3) is 0.222. The van der Waals surface area contributed by atoms with E-state index in [9.17, 15) is 8.42 Å². The molecule has 23 heavy (non-hydrogen) atoms. The largest absolute Gasteiger partial charge is 0.327 e. The first-order valence-corrected chi connectivity index (χ1v) is 9.13. The third-order valence-corrected chi connectivity index (χ3v) is 5.80. The van der Waals surface area contributed by atoms with Crippen molar-refractivity contribution in [3.63, 3.8) is 0 Å². The standard InChI is InChI=1S/C18H20N2O2S/c1-2-15(19)13-16-12-14-8-6-7-11-18(14)20(16)23(21,22)17-9-4-3-5-10-17/h3-12,15H,2,13,19H2,1H3. The Morgan fingerprint density at radius 1 is 1.04 bits per heavy atom. The molecule has 0 bridgehead atoms. The van der Waals surface area contributed by atoms with Crippen molar-refractivity contribution in [1.29, 1.82) is 0 Å². The van der Waals surface area contributed by atoms with Gasteiger partial charge in [-0.3, -0.25) is 0 Å². The number of aromatic nitrogens is 1. The Kier molecular flexibility index (Phi) is 4.24.